The molecule has 0 radical (unpaired) electrons. The van der Waals surface area contributed by atoms with Gasteiger partial charge in [-0.25, -0.2) is 0 Å². The summed E-state index contributed by atoms with van der Waals surface area (Å²) in [4.78, 5) is 3.78. The van der Waals surface area contributed by atoms with E-state index < -0.39 is 11.7 Å². The van der Waals surface area contributed by atoms with E-state index in [1.165, 1.54) is 12.4 Å². The van der Waals surface area contributed by atoms with Crippen LogP contribution in [0.1, 0.15) is 38.3 Å². The maximum absolute atomic E-state index is 12.8. The number of alkyl halides is 3. The molecule has 0 fully saturated rings. The summed E-state index contributed by atoms with van der Waals surface area (Å²) in [6.07, 6.45) is 0.589. The van der Waals surface area contributed by atoms with Crippen molar-refractivity contribution in [2.24, 2.45) is 0 Å². The number of halogens is 3. The first-order valence-corrected chi connectivity index (χ1v) is 6.24. The monoisotopic (exact) mass is 272 g/mol. The number of hydrogen-bond donors (Lipinski definition) is 1. The van der Waals surface area contributed by atoms with Gasteiger partial charge in [0.25, 0.3) is 0 Å². The molecule has 0 saturated heterocycles. The minimum absolute atomic E-state index is 0.152. The van der Waals surface area contributed by atoms with E-state index in [2.05, 4.69) is 10.3 Å². The molecule has 0 aliphatic carbocycles. The molecule has 0 aliphatic rings. The van der Waals surface area contributed by atoms with Crippen LogP contribution >= 0.6 is 0 Å². The minimum atomic E-state index is -4.34. The largest absolute Gasteiger partial charge is 0.417 e. The SMILES string of the molecule is C/C(=C/CCNC(C)C)c1cnccc1C(F)(F)F. The number of nitrogens with one attached hydrogen (secondary N) is 1. The zero-order valence-corrected chi connectivity index (χ0v) is 11.4. The number of nitrogens with zero attached hydrogens (tertiary/aromatic N) is 1. The van der Waals surface area contributed by atoms with Crippen molar-refractivity contribution in [3.05, 3.63) is 35.7 Å². The van der Waals surface area contributed by atoms with E-state index in [1.54, 1.807) is 6.92 Å². The summed E-state index contributed by atoms with van der Waals surface area (Å²) < 4.78 is 38.5. The topological polar surface area (TPSA) is 24.9 Å². The van der Waals surface area contributed by atoms with Crippen molar-refractivity contribution in [2.45, 2.75) is 39.4 Å². The molecule has 106 valence electrons. The molecule has 2 nitrogen and oxygen atoms in total. The van der Waals surface area contributed by atoms with Crippen LogP contribution in [-0.2, 0) is 6.18 Å². The van der Waals surface area contributed by atoms with Gasteiger partial charge in [0.05, 0.1) is 5.56 Å². The van der Waals surface area contributed by atoms with Gasteiger partial charge >= 0.3 is 6.18 Å². The van der Waals surface area contributed by atoms with Crippen LogP contribution in [0.4, 0.5) is 13.2 Å². The van der Waals surface area contributed by atoms with Crippen molar-refractivity contribution < 1.29 is 13.2 Å². The fraction of sp³-hybridized carbons (Fsp3) is 0.500. The summed E-state index contributed by atoms with van der Waals surface area (Å²) >= 11 is 0. The molecule has 0 atom stereocenters. The third-order valence-electron chi connectivity index (χ3n) is 2.70. The average Bonchev–Trinajstić information content (AvgIpc) is 2.33. The maximum Gasteiger partial charge on any atom is 0.417 e. The average molecular weight is 272 g/mol. The molecule has 1 aromatic rings. The second-order valence-corrected chi connectivity index (χ2v) is 4.70. The molecule has 0 bridgehead atoms. The second kappa shape index (κ2) is 6.70. The zero-order chi connectivity index (χ0) is 14.5. The summed E-state index contributed by atoms with van der Waals surface area (Å²) in [5.74, 6) is 0. The number of allylic oxidation sites excluding steroid dienone is 1. The van der Waals surface area contributed by atoms with Crippen LogP contribution in [0.5, 0.6) is 0 Å². The van der Waals surface area contributed by atoms with Crippen molar-refractivity contribution >= 4 is 5.57 Å². The van der Waals surface area contributed by atoms with Gasteiger partial charge in [0.2, 0.25) is 0 Å². The molecule has 1 aromatic heterocycles. The summed E-state index contributed by atoms with van der Waals surface area (Å²) in [6, 6.07) is 1.39. The van der Waals surface area contributed by atoms with Gasteiger partial charge in [0, 0.05) is 24.0 Å². The highest BCUT2D eigenvalue weighted by Gasteiger charge is 2.33. The van der Waals surface area contributed by atoms with Crippen LogP contribution in [0.3, 0.4) is 0 Å². The Bertz CT molecular complexity index is 437. The number of pyridine rings is 1. The van der Waals surface area contributed by atoms with E-state index in [0.717, 1.165) is 12.6 Å². The molecule has 0 saturated carbocycles. The summed E-state index contributed by atoms with van der Waals surface area (Å²) in [7, 11) is 0. The van der Waals surface area contributed by atoms with E-state index in [1.807, 2.05) is 19.9 Å². The lowest BCUT2D eigenvalue weighted by molar-refractivity contribution is -0.137. The molecule has 0 spiro atoms. The van der Waals surface area contributed by atoms with Crippen molar-refractivity contribution in [1.82, 2.24) is 10.3 Å². The van der Waals surface area contributed by atoms with Crippen LogP contribution in [0.15, 0.2) is 24.5 Å². The Hall–Kier alpha value is -1.36. The van der Waals surface area contributed by atoms with Gasteiger partial charge in [-0.15, -0.1) is 0 Å². The Kier molecular flexibility index (Phi) is 5.54. The Morgan fingerprint density at radius 2 is 2.11 bits per heavy atom. The fourth-order valence-corrected chi connectivity index (χ4v) is 1.73. The lowest BCUT2D eigenvalue weighted by atomic mass is 10.0. The van der Waals surface area contributed by atoms with Crippen LogP contribution < -0.4 is 5.32 Å². The Morgan fingerprint density at radius 1 is 1.42 bits per heavy atom. The highest BCUT2D eigenvalue weighted by atomic mass is 19.4. The third-order valence-corrected chi connectivity index (χ3v) is 2.70. The molecule has 0 aliphatic heterocycles. The summed E-state index contributed by atoms with van der Waals surface area (Å²) in [5, 5.41) is 3.21. The fourth-order valence-electron chi connectivity index (χ4n) is 1.73. The Labute approximate surface area is 111 Å². The molecule has 5 heteroatoms. The Balaban J connectivity index is 2.82. The molecule has 1 rings (SSSR count). The van der Waals surface area contributed by atoms with Gasteiger partial charge in [-0.3, -0.25) is 4.98 Å². The smallest absolute Gasteiger partial charge is 0.314 e. The first-order valence-electron chi connectivity index (χ1n) is 6.24. The maximum atomic E-state index is 12.8. The molecule has 0 aromatic carbocycles. The molecule has 0 unspecified atom stereocenters. The summed E-state index contributed by atoms with van der Waals surface area (Å²) in [5.41, 5.74) is 0.124. The Morgan fingerprint density at radius 3 is 2.68 bits per heavy atom. The van der Waals surface area contributed by atoms with Gasteiger partial charge in [-0.1, -0.05) is 19.9 Å². The van der Waals surface area contributed by atoms with Gasteiger partial charge < -0.3 is 5.32 Å². The van der Waals surface area contributed by atoms with Crippen LogP contribution in [0.25, 0.3) is 5.57 Å². The lowest BCUT2D eigenvalue weighted by Gasteiger charge is -2.12. The molecule has 0 amide bonds. The number of aromatic nitrogens is 1. The standard InChI is InChI=1S/C14H19F3N2/c1-10(2)19-7-4-5-11(3)12-9-18-8-6-13(12)14(15,16)17/h5-6,8-10,19H,4,7H2,1-3H3/b11-5-. The van der Waals surface area contributed by atoms with E-state index in [4.69, 9.17) is 0 Å². The quantitative estimate of drug-likeness (QED) is 0.822. The summed E-state index contributed by atoms with van der Waals surface area (Å²) in [6.45, 7) is 6.48. The van der Waals surface area contributed by atoms with Gasteiger partial charge in [-0.2, -0.15) is 13.2 Å². The van der Waals surface area contributed by atoms with E-state index in [0.29, 0.717) is 18.0 Å². The van der Waals surface area contributed by atoms with Gasteiger partial charge in [0.15, 0.2) is 0 Å². The third kappa shape index (κ3) is 5.03. The zero-order valence-electron chi connectivity index (χ0n) is 11.4. The van der Waals surface area contributed by atoms with Crippen LogP contribution in [0.2, 0.25) is 0 Å². The molecule has 19 heavy (non-hydrogen) atoms. The lowest BCUT2D eigenvalue weighted by Crippen LogP contribution is -2.23. The molecule has 1 N–H and O–H groups in total. The van der Waals surface area contributed by atoms with E-state index in [9.17, 15) is 13.2 Å². The number of hydrogen-bond acceptors (Lipinski definition) is 2. The highest BCUT2D eigenvalue weighted by molar-refractivity contribution is 5.66. The normalized spacial score (nSPS) is 13.1. The molecular formula is C14H19F3N2. The molecular weight excluding hydrogens is 253 g/mol. The van der Waals surface area contributed by atoms with Crippen LogP contribution in [-0.4, -0.2) is 17.6 Å². The van der Waals surface area contributed by atoms with Crippen LogP contribution in [0, 0.1) is 0 Å². The van der Waals surface area contributed by atoms with E-state index in [-0.39, 0.29) is 5.56 Å². The first-order chi connectivity index (χ1) is 8.82. The van der Waals surface area contributed by atoms with Crippen molar-refractivity contribution in [3.8, 4) is 0 Å². The van der Waals surface area contributed by atoms with Crippen molar-refractivity contribution in [2.75, 3.05) is 6.54 Å². The number of rotatable bonds is 5. The first kappa shape index (κ1) is 15.7. The predicted octanol–water partition coefficient (Wildman–Crippen LogP) is 3.89. The van der Waals surface area contributed by atoms with E-state index >= 15 is 0 Å². The van der Waals surface area contributed by atoms with Crippen molar-refractivity contribution in [3.63, 3.8) is 0 Å². The van der Waals surface area contributed by atoms with Crippen molar-refractivity contribution in [1.29, 1.82) is 0 Å². The highest BCUT2D eigenvalue weighted by Crippen LogP contribution is 2.34. The second-order valence-electron chi connectivity index (χ2n) is 4.70. The minimum Gasteiger partial charge on any atom is -0.314 e. The molecule has 1 heterocycles. The van der Waals surface area contributed by atoms with Gasteiger partial charge in [-0.05, 0) is 31.5 Å². The predicted molar refractivity (Wildman–Crippen MR) is 70.6 cm³/mol. The van der Waals surface area contributed by atoms with Gasteiger partial charge in [0.1, 0.15) is 0 Å².